The molecule has 0 aromatic carbocycles. The van der Waals surface area contributed by atoms with Crippen molar-refractivity contribution in [2.75, 3.05) is 12.5 Å². The molecule has 5 rings (SSSR count). The Labute approximate surface area is 254 Å². The van der Waals surface area contributed by atoms with Crippen molar-refractivity contribution in [3.63, 3.8) is 0 Å². The number of allylic oxidation sites excluding steroid dienone is 6. The summed E-state index contributed by atoms with van der Waals surface area (Å²) < 4.78 is 5.97. The number of hydrogen-bond donors (Lipinski definition) is 2. The first kappa shape index (κ1) is 30.8. The summed E-state index contributed by atoms with van der Waals surface area (Å²) in [4.78, 5) is 55.9. The molecule has 0 bridgehead atoms. The Hall–Kier alpha value is -2.60. The smallest absolute Gasteiger partial charge is 0.311 e. The maximum Gasteiger partial charge on any atom is 0.311 e. The molecule has 0 saturated carbocycles. The van der Waals surface area contributed by atoms with E-state index >= 15 is 0 Å². The highest BCUT2D eigenvalue weighted by Gasteiger charge is 2.72. The van der Waals surface area contributed by atoms with E-state index in [-0.39, 0.29) is 24.0 Å². The molecule has 9 atom stereocenters. The van der Waals surface area contributed by atoms with E-state index in [0.717, 1.165) is 11.1 Å². The van der Waals surface area contributed by atoms with Crippen molar-refractivity contribution < 1.29 is 34.1 Å². The summed E-state index contributed by atoms with van der Waals surface area (Å²) >= 11 is 2.56. The first-order valence-electron chi connectivity index (χ1n) is 14.2. The number of carbonyl (C=O) groups excluding carboxylic acids is 4. The van der Waals surface area contributed by atoms with Crippen LogP contribution in [0.2, 0.25) is 0 Å². The number of aliphatic hydroxyl groups is 2. The molecule has 9 nitrogen and oxygen atoms in total. The molecule has 42 heavy (non-hydrogen) atoms. The van der Waals surface area contributed by atoms with E-state index in [9.17, 15) is 29.4 Å². The number of Topliss-reactive ketones (excluding diaryl/α,β-unsaturated/α-hetero) is 1. The molecule has 9 unspecified atom stereocenters. The molecule has 0 radical (unpaired) electrons. The Bertz CT molecular complexity index is 1370. The number of esters is 1. The highest BCUT2D eigenvalue weighted by atomic mass is 32.2. The lowest BCUT2D eigenvalue weighted by atomic mass is 9.87. The highest BCUT2D eigenvalue weighted by Crippen LogP contribution is 2.59. The number of aliphatic hydroxyl groups excluding tert-OH is 2. The van der Waals surface area contributed by atoms with Crippen molar-refractivity contribution in [3.8, 4) is 0 Å². The molecule has 2 N–H and O–H groups in total. The Morgan fingerprint density at radius 3 is 2.05 bits per heavy atom. The minimum Gasteiger partial charge on any atom is -0.455 e. The van der Waals surface area contributed by atoms with E-state index in [1.54, 1.807) is 73.5 Å². The van der Waals surface area contributed by atoms with E-state index in [1.165, 1.54) is 30.4 Å². The van der Waals surface area contributed by atoms with Crippen LogP contribution in [0.25, 0.3) is 0 Å². The van der Waals surface area contributed by atoms with E-state index in [1.807, 2.05) is 12.2 Å². The Morgan fingerprint density at radius 1 is 0.976 bits per heavy atom. The van der Waals surface area contributed by atoms with E-state index in [4.69, 9.17) is 4.74 Å². The number of nitrogens with zero attached hydrogens (tertiary/aromatic N) is 2. The number of thioether (sulfide) groups is 2. The lowest BCUT2D eigenvalue weighted by molar-refractivity contribution is -0.171. The van der Waals surface area contributed by atoms with Gasteiger partial charge in [0.2, 0.25) is 0 Å². The quantitative estimate of drug-likeness (QED) is 0.314. The Morgan fingerprint density at radius 2 is 1.50 bits per heavy atom. The Balaban J connectivity index is 1.46. The van der Waals surface area contributed by atoms with Crippen molar-refractivity contribution in [1.29, 1.82) is 0 Å². The molecule has 2 aliphatic carbocycles. The number of fused-ring (bicyclic) bond motifs is 6. The van der Waals surface area contributed by atoms with Crippen molar-refractivity contribution in [2.45, 2.75) is 80.7 Å². The van der Waals surface area contributed by atoms with Gasteiger partial charge in [-0.1, -0.05) is 43.4 Å². The summed E-state index contributed by atoms with van der Waals surface area (Å²) in [6.07, 6.45) is 13.3. The molecule has 3 saturated heterocycles. The summed E-state index contributed by atoms with van der Waals surface area (Å²) in [6, 6.07) is -1.32. The molecule has 5 aliphatic rings. The number of ether oxygens (including phenoxy) is 1. The molecule has 0 spiro atoms. The van der Waals surface area contributed by atoms with Gasteiger partial charge in [-0.2, -0.15) is 0 Å². The van der Waals surface area contributed by atoms with Crippen LogP contribution in [0, 0.1) is 11.8 Å². The van der Waals surface area contributed by atoms with Gasteiger partial charge in [-0.15, -0.1) is 23.5 Å². The zero-order valence-corrected chi connectivity index (χ0v) is 26.3. The van der Waals surface area contributed by atoms with Crippen LogP contribution in [0.1, 0.15) is 40.5 Å². The second kappa shape index (κ2) is 11.2. The third-order valence-electron chi connectivity index (χ3n) is 9.51. The maximum atomic E-state index is 14.7. The fourth-order valence-corrected chi connectivity index (χ4v) is 8.91. The van der Waals surface area contributed by atoms with Gasteiger partial charge in [-0.25, -0.2) is 0 Å². The van der Waals surface area contributed by atoms with Gasteiger partial charge in [0.25, 0.3) is 11.8 Å². The zero-order valence-electron chi connectivity index (χ0n) is 24.6. The number of rotatable bonds is 8. The molecular weight excluding hydrogens is 576 g/mol. The van der Waals surface area contributed by atoms with Gasteiger partial charge in [-0.3, -0.25) is 19.2 Å². The first-order valence-corrected chi connectivity index (χ1v) is 16.6. The summed E-state index contributed by atoms with van der Waals surface area (Å²) in [6.45, 7) is 6.51. The second-order valence-electron chi connectivity index (χ2n) is 11.6. The van der Waals surface area contributed by atoms with Gasteiger partial charge < -0.3 is 24.7 Å². The van der Waals surface area contributed by atoms with Gasteiger partial charge in [0, 0.05) is 18.8 Å². The summed E-state index contributed by atoms with van der Waals surface area (Å²) in [5.74, 6) is -3.26. The number of ketones is 1. The number of carbonyl (C=O) groups is 4. The number of hydrogen-bond acceptors (Lipinski definition) is 9. The third kappa shape index (κ3) is 4.30. The van der Waals surface area contributed by atoms with Gasteiger partial charge >= 0.3 is 5.97 Å². The summed E-state index contributed by atoms with van der Waals surface area (Å²) in [7, 11) is 0. The highest BCUT2D eigenvalue weighted by molar-refractivity contribution is 8.01. The van der Waals surface area contributed by atoms with Crippen LogP contribution < -0.4 is 0 Å². The lowest BCUT2D eigenvalue weighted by Gasteiger charge is -2.54. The van der Waals surface area contributed by atoms with Crippen molar-refractivity contribution in [2.24, 2.45) is 11.8 Å². The largest absolute Gasteiger partial charge is 0.455 e. The van der Waals surface area contributed by atoms with Gasteiger partial charge in [0.15, 0.2) is 15.5 Å². The maximum absolute atomic E-state index is 14.7. The average molecular weight is 615 g/mol. The van der Waals surface area contributed by atoms with Crippen LogP contribution in [0.5, 0.6) is 0 Å². The van der Waals surface area contributed by atoms with E-state index < -0.39 is 57.9 Å². The van der Waals surface area contributed by atoms with E-state index in [0.29, 0.717) is 12.0 Å². The lowest BCUT2D eigenvalue weighted by Crippen LogP contribution is -2.74. The topological polar surface area (TPSA) is 124 Å². The minimum absolute atomic E-state index is 0.245. The molecule has 3 heterocycles. The monoisotopic (exact) mass is 614 g/mol. The van der Waals surface area contributed by atoms with Crippen molar-refractivity contribution in [3.05, 3.63) is 59.3 Å². The first-order chi connectivity index (χ1) is 19.9. The second-order valence-corrected chi connectivity index (χ2v) is 13.8. The molecule has 11 heteroatoms. The van der Waals surface area contributed by atoms with Crippen LogP contribution in [-0.2, 0) is 23.9 Å². The van der Waals surface area contributed by atoms with Crippen LogP contribution >= 0.6 is 23.5 Å². The summed E-state index contributed by atoms with van der Waals surface area (Å²) in [5, 5.41) is 21.8. The predicted molar refractivity (Wildman–Crippen MR) is 162 cm³/mol. The van der Waals surface area contributed by atoms with Crippen LogP contribution in [-0.4, -0.2) is 96.2 Å². The van der Waals surface area contributed by atoms with Crippen LogP contribution in [0.4, 0.5) is 0 Å². The molecule has 0 aromatic rings. The molecule has 226 valence electrons. The van der Waals surface area contributed by atoms with Crippen molar-refractivity contribution in [1.82, 2.24) is 9.80 Å². The minimum atomic E-state index is -1.27. The summed E-state index contributed by atoms with van der Waals surface area (Å²) in [5.41, 5.74) is 2.13. The predicted octanol–water partition coefficient (Wildman–Crippen LogP) is 2.75. The molecular formula is C31H38N2O7S2. The van der Waals surface area contributed by atoms with Gasteiger partial charge in [0.05, 0.1) is 30.2 Å². The molecule has 3 aliphatic heterocycles. The van der Waals surface area contributed by atoms with Gasteiger partial charge in [0.1, 0.15) is 6.10 Å². The third-order valence-corrected chi connectivity index (χ3v) is 11.9. The molecule has 0 aromatic heterocycles. The normalized spacial score (nSPS) is 35.5. The van der Waals surface area contributed by atoms with Crippen molar-refractivity contribution >= 4 is 47.1 Å². The fourth-order valence-electron chi connectivity index (χ4n) is 6.96. The Kier molecular flexibility index (Phi) is 8.19. The average Bonchev–Trinajstić information content (AvgIpc) is 3.54. The van der Waals surface area contributed by atoms with Crippen LogP contribution in [0.3, 0.4) is 0 Å². The number of piperazine rings is 1. The number of amides is 2. The molecule has 3 fully saturated rings. The van der Waals surface area contributed by atoms with E-state index in [2.05, 4.69) is 0 Å². The SMILES string of the molecule is CC=C(C)C(=O)C(C)C(O)C(C)C(=O)OC1C=CC=C2CC3(SC)C(=O)N4C5C(=CC=CC5O)CC4(SC)C(=O)N3C21. The standard InChI is InChI=1S/C31H38N2O7S2/c1-7-16(2)25(35)17(3)26(36)18(4)27(37)40-22-13-9-11-20-15-31(42-6)28(38)32-23-19(10-8-12-21(23)34)14-30(32,41-5)29(39)33(31)24(20)22/h7-13,17-18,21-24,26,34,36H,14-15H2,1-6H3. The zero-order chi connectivity index (χ0) is 30.7. The van der Waals surface area contributed by atoms with Gasteiger partial charge in [-0.05, 0) is 56.1 Å². The fraction of sp³-hybridized carbons (Fsp3) is 0.548. The molecule has 2 amide bonds. The van der Waals surface area contributed by atoms with Crippen LogP contribution in [0.15, 0.2) is 59.3 Å².